The second-order valence-electron chi connectivity index (χ2n) is 7.80. The zero-order chi connectivity index (χ0) is 20.8. The van der Waals surface area contributed by atoms with E-state index in [9.17, 15) is 19.8 Å². The Hall–Kier alpha value is -3.66. The van der Waals surface area contributed by atoms with E-state index in [1.807, 2.05) is 0 Å². The van der Waals surface area contributed by atoms with Gasteiger partial charge >= 0.3 is 11.9 Å². The van der Waals surface area contributed by atoms with E-state index in [2.05, 4.69) is 42.5 Å². The first-order valence-corrected chi connectivity index (χ1v) is 10.1. The van der Waals surface area contributed by atoms with Crippen molar-refractivity contribution in [3.63, 3.8) is 0 Å². The highest BCUT2D eigenvalue weighted by molar-refractivity contribution is 5.97. The first-order chi connectivity index (χ1) is 14.5. The highest BCUT2D eigenvalue weighted by atomic mass is 16.4. The Bertz CT molecular complexity index is 1350. The van der Waals surface area contributed by atoms with Crippen molar-refractivity contribution < 1.29 is 19.8 Å². The van der Waals surface area contributed by atoms with Crippen LogP contribution in [0.1, 0.15) is 50.2 Å². The lowest BCUT2D eigenvalue weighted by atomic mass is 9.81. The first kappa shape index (κ1) is 18.4. The minimum Gasteiger partial charge on any atom is -0.478 e. The number of benzene rings is 3. The third-order valence-electron chi connectivity index (χ3n) is 6.20. The van der Waals surface area contributed by atoms with Gasteiger partial charge in [0.05, 0.1) is 11.1 Å². The standard InChI is InChI=1S/C26H20O4/c27-25(28)16-9-11-23(26(29)30)24(14-16)19-7-3-6-18-21-10-8-15-4-1-2-5-17(15)20(21)12-13-22(18)19/h1-2,4-6,9,11-14H,3,7-8,10H2,(H,27,28)(H,29,30). The molecule has 0 radical (unpaired) electrons. The molecule has 0 heterocycles. The quantitative estimate of drug-likeness (QED) is 0.709. The van der Waals surface area contributed by atoms with Crippen molar-refractivity contribution in [2.24, 2.45) is 0 Å². The van der Waals surface area contributed by atoms with Crippen molar-refractivity contribution in [2.45, 2.75) is 25.7 Å². The molecule has 0 atom stereocenters. The predicted octanol–water partition coefficient (Wildman–Crippen LogP) is 3.62. The molecular formula is C26H20O4. The number of rotatable bonds is 3. The molecule has 5 rings (SSSR count). The summed E-state index contributed by atoms with van der Waals surface area (Å²) in [6, 6.07) is 16.9. The molecule has 2 aliphatic rings. The summed E-state index contributed by atoms with van der Waals surface area (Å²) in [4.78, 5) is 23.4. The Kier molecular flexibility index (Phi) is 4.28. The molecule has 3 aromatic carbocycles. The Labute approximate surface area is 173 Å². The van der Waals surface area contributed by atoms with E-state index in [4.69, 9.17) is 0 Å². The van der Waals surface area contributed by atoms with E-state index in [0.717, 1.165) is 30.1 Å². The van der Waals surface area contributed by atoms with Crippen molar-refractivity contribution in [3.05, 3.63) is 92.9 Å². The predicted molar refractivity (Wildman–Crippen MR) is 115 cm³/mol. The van der Waals surface area contributed by atoms with Crippen LogP contribution < -0.4 is 10.4 Å². The maximum atomic E-state index is 11.9. The van der Waals surface area contributed by atoms with Crippen LogP contribution in [0, 0.1) is 0 Å². The molecule has 0 aromatic heterocycles. The number of carboxylic acids is 2. The Morgan fingerprint density at radius 2 is 1.60 bits per heavy atom. The molecule has 0 fully saturated rings. The van der Waals surface area contributed by atoms with Crippen LogP contribution >= 0.6 is 0 Å². The van der Waals surface area contributed by atoms with Gasteiger partial charge in [-0.1, -0.05) is 42.5 Å². The normalized spacial score (nSPS) is 14.2. The monoisotopic (exact) mass is 396 g/mol. The second kappa shape index (κ2) is 6.99. The van der Waals surface area contributed by atoms with E-state index >= 15 is 0 Å². The molecule has 0 unspecified atom stereocenters. The van der Waals surface area contributed by atoms with Crippen molar-refractivity contribution in [1.29, 1.82) is 0 Å². The maximum Gasteiger partial charge on any atom is 0.336 e. The van der Waals surface area contributed by atoms with Crippen LogP contribution in [0.5, 0.6) is 0 Å². The lowest BCUT2D eigenvalue weighted by Gasteiger charge is -2.23. The van der Waals surface area contributed by atoms with Gasteiger partial charge in [-0.15, -0.1) is 0 Å². The number of carbonyl (C=O) groups is 2. The summed E-state index contributed by atoms with van der Waals surface area (Å²) < 4.78 is 0. The molecule has 2 aliphatic carbocycles. The second-order valence-corrected chi connectivity index (χ2v) is 7.80. The van der Waals surface area contributed by atoms with Crippen molar-refractivity contribution in [1.82, 2.24) is 0 Å². The molecule has 0 spiro atoms. The topological polar surface area (TPSA) is 74.6 Å². The summed E-state index contributed by atoms with van der Waals surface area (Å²) >= 11 is 0. The zero-order valence-corrected chi connectivity index (χ0v) is 16.3. The molecule has 0 amide bonds. The summed E-state index contributed by atoms with van der Waals surface area (Å²) in [6.45, 7) is 0. The molecule has 0 saturated heterocycles. The SMILES string of the molecule is O=C(O)c1ccc(C(=O)O)c(C2=c3ccc4c(c3=CCC2)CCc2ccccc2-4)c1. The molecule has 0 aliphatic heterocycles. The van der Waals surface area contributed by atoms with Gasteiger partial charge in [0.1, 0.15) is 0 Å². The summed E-state index contributed by atoms with van der Waals surface area (Å²) in [5.41, 5.74) is 6.83. The molecule has 3 aromatic rings. The summed E-state index contributed by atoms with van der Waals surface area (Å²) in [6.07, 6.45) is 5.66. The fourth-order valence-electron chi connectivity index (χ4n) is 4.83. The minimum atomic E-state index is -1.06. The van der Waals surface area contributed by atoms with Crippen molar-refractivity contribution in [3.8, 4) is 11.1 Å². The van der Waals surface area contributed by atoms with Crippen LogP contribution in [0.25, 0.3) is 22.8 Å². The minimum absolute atomic E-state index is 0.102. The van der Waals surface area contributed by atoms with E-state index in [-0.39, 0.29) is 11.1 Å². The summed E-state index contributed by atoms with van der Waals surface area (Å²) in [5.74, 6) is -2.10. The number of aryl methyl sites for hydroxylation is 1. The lowest BCUT2D eigenvalue weighted by molar-refractivity contribution is 0.0681. The Morgan fingerprint density at radius 1 is 0.767 bits per heavy atom. The van der Waals surface area contributed by atoms with Gasteiger partial charge in [0.25, 0.3) is 0 Å². The van der Waals surface area contributed by atoms with Gasteiger partial charge in [0, 0.05) is 0 Å². The Balaban J connectivity index is 1.81. The molecule has 2 N–H and O–H groups in total. The summed E-state index contributed by atoms with van der Waals surface area (Å²) in [5, 5.41) is 21.3. The lowest BCUT2D eigenvalue weighted by Crippen LogP contribution is -2.35. The Morgan fingerprint density at radius 3 is 2.40 bits per heavy atom. The molecular weight excluding hydrogens is 376 g/mol. The summed E-state index contributed by atoms with van der Waals surface area (Å²) in [7, 11) is 0. The third-order valence-corrected chi connectivity index (χ3v) is 6.20. The number of aromatic carboxylic acids is 2. The van der Waals surface area contributed by atoms with Crippen molar-refractivity contribution >= 4 is 23.6 Å². The van der Waals surface area contributed by atoms with Gasteiger partial charge in [-0.3, -0.25) is 0 Å². The van der Waals surface area contributed by atoms with Gasteiger partial charge in [0.15, 0.2) is 0 Å². The van der Waals surface area contributed by atoms with Crippen LogP contribution in [0.4, 0.5) is 0 Å². The highest BCUT2D eigenvalue weighted by Gasteiger charge is 2.21. The molecule has 0 saturated carbocycles. The van der Waals surface area contributed by atoms with E-state index in [1.165, 1.54) is 45.7 Å². The zero-order valence-electron chi connectivity index (χ0n) is 16.3. The number of hydrogen-bond acceptors (Lipinski definition) is 2. The molecule has 30 heavy (non-hydrogen) atoms. The molecule has 148 valence electrons. The van der Waals surface area contributed by atoms with Crippen LogP contribution in [0.2, 0.25) is 0 Å². The average Bonchev–Trinajstić information content (AvgIpc) is 2.77. The smallest absolute Gasteiger partial charge is 0.336 e. The van der Waals surface area contributed by atoms with Crippen LogP contribution in [-0.4, -0.2) is 22.2 Å². The maximum absolute atomic E-state index is 11.9. The first-order valence-electron chi connectivity index (χ1n) is 10.1. The number of carboxylic acid groups (broad SMARTS) is 2. The fourth-order valence-corrected chi connectivity index (χ4v) is 4.83. The van der Waals surface area contributed by atoms with E-state index < -0.39 is 11.9 Å². The van der Waals surface area contributed by atoms with E-state index in [1.54, 1.807) is 0 Å². The van der Waals surface area contributed by atoms with E-state index in [0.29, 0.717) is 12.0 Å². The van der Waals surface area contributed by atoms with Gasteiger partial charge in [0.2, 0.25) is 0 Å². The average molecular weight is 396 g/mol. The third kappa shape index (κ3) is 2.84. The van der Waals surface area contributed by atoms with Gasteiger partial charge < -0.3 is 10.2 Å². The number of hydrogen-bond donors (Lipinski definition) is 2. The molecule has 4 heteroatoms. The van der Waals surface area contributed by atoms with Gasteiger partial charge in [-0.2, -0.15) is 0 Å². The number of fused-ring (bicyclic) bond motifs is 5. The molecule has 4 nitrogen and oxygen atoms in total. The van der Waals surface area contributed by atoms with Crippen molar-refractivity contribution in [2.75, 3.05) is 0 Å². The fraction of sp³-hybridized carbons (Fsp3) is 0.154. The van der Waals surface area contributed by atoms with Gasteiger partial charge in [-0.05, 0) is 87.7 Å². The highest BCUT2D eigenvalue weighted by Crippen LogP contribution is 2.32. The van der Waals surface area contributed by atoms with Gasteiger partial charge in [-0.25, -0.2) is 9.59 Å². The van der Waals surface area contributed by atoms with Crippen LogP contribution in [-0.2, 0) is 12.8 Å². The largest absolute Gasteiger partial charge is 0.478 e. The van der Waals surface area contributed by atoms with Crippen LogP contribution in [0.3, 0.4) is 0 Å². The van der Waals surface area contributed by atoms with Crippen LogP contribution in [0.15, 0.2) is 54.6 Å². The molecule has 0 bridgehead atoms.